The Labute approximate surface area is 104 Å². The van der Waals surface area contributed by atoms with Crippen LogP contribution in [0.1, 0.15) is 11.7 Å². The molecule has 2 aromatic rings. The van der Waals surface area contributed by atoms with Crippen LogP contribution in [0.2, 0.25) is 0 Å². The molecule has 0 N–H and O–H groups in total. The van der Waals surface area contributed by atoms with Crippen molar-refractivity contribution in [3.05, 3.63) is 52.4 Å². The molecule has 0 saturated heterocycles. The standard InChI is InChI=1S/C13H12FN3O/c1-18-10-6-5-9-3-2-4-11(12(9)7-10)13(14)8-16-17-15/h2-7,13H,8H2,1H3. The molecule has 4 nitrogen and oxygen atoms in total. The van der Waals surface area contributed by atoms with Gasteiger partial charge in [-0.15, -0.1) is 0 Å². The highest BCUT2D eigenvalue weighted by Crippen LogP contribution is 2.29. The molecule has 0 spiro atoms. The van der Waals surface area contributed by atoms with Gasteiger partial charge in [0.15, 0.2) is 0 Å². The Balaban J connectivity index is 2.51. The molecular formula is C13H12FN3O. The minimum absolute atomic E-state index is 0.202. The van der Waals surface area contributed by atoms with Crippen molar-refractivity contribution in [3.8, 4) is 5.75 Å². The number of benzene rings is 2. The lowest BCUT2D eigenvalue weighted by atomic mass is 10.0. The molecule has 0 heterocycles. The van der Waals surface area contributed by atoms with Crippen LogP contribution in [0.5, 0.6) is 5.75 Å². The molecule has 92 valence electrons. The average molecular weight is 245 g/mol. The van der Waals surface area contributed by atoms with Gasteiger partial charge in [-0.3, -0.25) is 0 Å². The first-order valence-corrected chi connectivity index (χ1v) is 5.48. The van der Waals surface area contributed by atoms with Crippen molar-refractivity contribution in [2.75, 3.05) is 13.7 Å². The lowest BCUT2D eigenvalue weighted by Crippen LogP contribution is -1.97. The molecule has 0 aliphatic rings. The molecule has 0 aromatic heterocycles. The van der Waals surface area contributed by atoms with E-state index in [1.54, 1.807) is 25.3 Å². The first kappa shape index (κ1) is 12.2. The molecule has 0 fully saturated rings. The number of rotatable bonds is 4. The minimum Gasteiger partial charge on any atom is -0.497 e. The molecule has 0 aliphatic carbocycles. The van der Waals surface area contributed by atoms with Crippen molar-refractivity contribution in [1.29, 1.82) is 0 Å². The van der Waals surface area contributed by atoms with Crippen LogP contribution in [0.15, 0.2) is 41.5 Å². The van der Waals surface area contributed by atoms with Gasteiger partial charge in [0.05, 0.1) is 13.7 Å². The minimum atomic E-state index is -1.31. The number of azide groups is 1. The van der Waals surface area contributed by atoms with E-state index in [0.717, 1.165) is 10.8 Å². The number of halogens is 1. The fraction of sp³-hybridized carbons (Fsp3) is 0.231. The summed E-state index contributed by atoms with van der Waals surface area (Å²) in [7, 11) is 1.57. The molecule has 0 bridgehead atoms. The van der Waals surface area contributed by atoms with E-state index in [2.05, 4.69) is 10.0 Å². The van der Waals surface area contributed by atoms with E-state index < -0.39 is 6.17 Å². The third-order valence-electron chi connectivity index (χ3n) is 2.77. The highest BCUT2D eigenvalue weighted by atomic mass is 19.1. The Morgan fingerprint density at radius 3 is 2.94 bits per heavy atom. The SMILES string of the molecule is COc1ccc2cccc(C(F)CN=[N+]=[N-])c2c1. The quantitative estimate of drug-likeness (QED) is 0.453. The summed E-state index contributed by atoms with van der Waals surface area (Å²) in [4.78, 5) is 2.58. The van der Waals surface area contributed by atoms with E-state index in [1.807, 2.05) is 18.2 Å². The number of methoxy groups -OCH3 is 1. The van der Waals surface area contributed by atoms with E-state index in [0.29, 0.717) is 11.3 Å². The summed E-state index contributed by atoms with van der Waals surface area (Å²) < 4.78 is 19.1. The molecule has 5 heteroatoms. The smallest absolute Gasteiger partial charge is 0.131 e. The zero-order chi connectivity index (χ0) is 13.0. The lowest BCUT2D eigenvalue weighted by Gasteiger charge is -2.10. The highest BCUT2D eigenvalue weighted by Gasteiger charge is 2.12. The maximum atomic E-state index is 14.0. The van der Waals surface area contributed by atoms with Crippen LogP contribution >= 0.6 is 0 Å². The number of hydrogen-bond acceptors (Lipinski definition) is 2. The molecule has 1 unspecified atom stereocenters. The largest absolute Gasteiger partial charge is 0.497 e. The van der Waals surface area contributed by atoms with Gasteiger partial charge < -0.3 is 4.74 Å². The predicted octanol–water partition coefficient (Wildman–Crippen LogP) is 4.17. The van der Waals surface area contributed by atoms with Gasteiger partial charge in [-0.2, -0.15) is 0 Å². The van der Waals surface area contributed by atoms with Crippen LogP contribution in [-0.2, 0) is 0 Å². The van der Waals surface area contributed by atoms with Crippen molar-refractivity contribution < 1.29 is 9.13 Å². The molecule has 2 rings (SSSR count). The fourth-order valence-electron chi connectivity index (χ4n) is 1.88. The third-order valence-corrected chi connectivity index (χ3v) is 2.77. The van der Waals surface area contributed by atoms with Crippen molar-refractivity contribution >= 4 is 10.8 Å². The Bertz CT molecular complexity index is 608. The number of hydrogen-bond donors (Lipinski definition) is 0. The predicted molar refractivity (Wildman–Crippen MR) is 68.4 cm³/mol. The summed E-state index contributed by atoms with van der Waals surface area (Å²) in [5.41, 5.74) is 8.74. The van der Waals surface area contributed by atoms with Gasteiger partial charge in [0.2, 0.25) is 0 Å². The van der Waals surface area contributed by atoms with E-state index in [1.165, 1.54) is 0 Å². The Morgan fingerprint density at radius 2 is 2.22 bits per heavy atom. The Kier molecular flexibility index (Phi) is 3.65. The molecule has 0 radical (unpaired) electrons. The van der Waals surface area contributed by atoms with Crippen molar-refractivity contribution in [2.24, 2.45) is 5.11 Å². The second kappa shape index (κ2) is 5.38. The van der Waals surface area contributed by atoms with Gasteiger partial charge in [-0.05, 0) is 34.0 Å². The van der Waals surface area contributed by atoms with E-state index in [4.69, 9.17) is 10.3 Å². The van der Waals surface area contributed by atoms with Crippen LogP contribution in [0.3, 0.4) is 0 Å². The third kappa shape index (κ3) is 2.36. The van der Waals surface area contributed by atoms with Crippen molar-refractivity contribution in [2.45, 2.75) is 6.17 Å². The zero-order valence-corrected chi connectivity index (χ0v) is 9.88. The molecule has 1 atom stereocenters. The van der Waals surface area contributed by atoms with Crippen LogP contribution in [0, 0.1) is 0 Å². The Hall–Kier alpha value is -2.26. The maximum absolute atomic E-state index is 14.0. The van der Waals surface area contributed by atoms with Crippen molar-refractivity contribution in [1.82, 2.24) is 0 Å². The van der Waals surface area contributed by atoms with Crippen LogP contribution in [0.4, 0.5) is 4.39 Å². The summed E-state index contributed by atoms with van der Waals surface area (Å²) in [5.74, 6) is 0.672. The lowest BCUT2D eigenvalue weighted by molar-refractivity contribution is 0.355. The summed E-state index contributed by atoms with van der Waals surface area (Å²) >= 11 is 0. The molecule has 2 aromatic carbocycles. The number of alkyl halides is 1. The topological polar surface area (TPSA) is 58.0 Å². The maximum Gasteiger partial charge on any atom is 0.131 e. The van der Waals surface area contributed by atoms with Gasteiger partial charge in [-0.1, -0.05) is 29.4 Å². The van der Waals surface area contributed by atoms with Gasteiger partial charge in [-0.25, -0.2) is 4.39 Å². The molecule has 0 amide bonds. The monoisotopic (exact) mass is 245 g/mol. The van der Waals surface area contributed by atoms with Gasteiger partial charge in [0.25, 0.3) is 0 Å². The molecular weight excluding hydrogens is 233 g/mol. The molecule has 18 heavy (non-hydrogen) atoms. The van der Waals surface area contributed by atoms with Gasteiger partial charge in [0, 0.05) is 4.91 Å². The summed E-state index contributed by atoms with van der Waals surface area (Å²) in [6, 6.07) is 10.9. The summed E-state index contributed by atoms with van der Waals surface area (Å²) in [6.07, 6.45) is -1.31. The zero-order valence-electron chi connectivity index (χ0n) is 9.88. The van der Waals surface area contributed by atoms with E-state index in [9.17, 15) is 4.39 Å². The highest BCUT2D eigenvalue weighted by molar-refractivity contribution is 5.87. The molecule has 0 aliphatic heterocycles. The summed E-state index contributed by atoms with van der Waals surface area (Å²) in [5, 5.41) is 4.97. The number of nitrogens with zero attached hydrogens (tertiary/aromatic N) is 3. The number of ether oxygens (including phenoxy) is 1. The molecule has 0 saturated carbocycles. The normalized spacial score (nSPS) is 11.9. The van der Waals surface area contributed by atoms with Crippen LogP contribution in [0.25, 0.3) is 21.2 Å². The average Bonchev–Trinajstić information content (AvgIpc) is 2.43. The first-order chi connectivity index (χ1) is 8.76. The van der Waals surface area contributed by atoms with E-state index >= 15 is 0 Å². The second-order valence-corrected chi connectivity index (χ2v) is 3.82. The van der Waals surface area contributed by atoms with Gasteiger partial charge >= 0.3 is 0 Å². The van der Waals surface area contributed by atoms with Crippen LogP contribution < -0.4 is 4.74 Å². The first-order valence-electron chi connectivity index (χ1n) is 5.48. The Morgan fingerprint density at radius 1 is 1.39 bits per heavy atom. The van der Waals surface area contributed by atoms with Gasteiger partial charge in [0.1, 0.15) is 11.9 Å². The van der Waals surface area contributed by atoms with Crippen LogP contribution in [-0.4, -0.2) is 13.7 Å². The van der Waals surface area contributed by atoms with Crippen molar-refractivity contribution in [3.63, 3.8) is 0 Å². The fourth-order valence-corrected chi connectivity index (χ4v) is 1.88. The second-order valence-electron chi connectivity index (χ2n) is 3.82. The van der Waals surface area contributed by atoms with E-state index in [-0.39, 0.29) is 6.54 Å². The number of fused-ring (bicyclic) bond motifs is 1. The summed E-state index contributed by atoms with van der Waals surface area (Å²) in [6.45, 7) is -0.202.